The topological polar surface area (TPSA) is 92.5 Å². The molecule has 0 aliphatic carbocycles. The van der Waals surface area contributed by atoms with Crippen LogP contribution in [0.2, 0.25) is 5.02 Å². The molecule has 1 aliphatic rings. The summed E-state index contributed by atoms with van der Waals surface area (Å²) in [7, 11) is -3.76. The average molecular weight is 382 g/mol. The average Bonchev–Trinajstić information content (AvgIpc) is 2.62. The molecule has 0 bridgehead atoms. The molecule has 1 aliphatic heterocycles. The first kappa shape index (κ1) is 17.8. The second-order valence-electron chi connectivity index (χ2n) is 5.60. The van der Waals surface area contributed by atoms with E-state index in [1.165, 1.54) is 16.4 Å². The minimum atomic E-state index is -3.76. The van der Waals surface area contributed by atoms with E-state index >= 15 is 0 Å². The molecule has 3 rings (SSSR count). The Bertz CT molecular complexity index is 894. The molecule has 2 aromatic rings. The zero-order valence-electron chi connectivity index (χ0n) is 13.2. The van der Waals surface area contributed by atoms with Crippen molar-refractivity contribution in [2.75, 3.05) is 26.2 Å². The van der Waals surface area contributed by atoms with Crippen LogP contribution < -0.4 is 5.32 Å². The summed E-state index contributed by atoms with van der Waals surface area (Å²) in [5.74, 6) is 0. The zero-order chi connectivity index (χ0) is 18.0. The van der Waals surface area contributed by atoms with Crippen LogP contribution in [0.15, 0.2) is 47.4 Å². The van der Waals surface area contributed by atoms with Gasteiger partial charge in [0.1, 0.15) is 0 Å². The fourth-order valence-corrected chi connectivity index (χ4v) is 4.32. The van der Waals surface area contributed by atoms with E-state index in [1.807, 2.05) is 0 Å². The van der Waals surface area contributed by atoms with Crippen molar-refractivity contribution in [1.29, 1.82) is 0 Å². The summed E-state index contributed by atoms with van der Waals surface area (Å²) >= 11 is 5.85. The van der Waals surface area contributed by atoms with E-state index in [1.54, 1.807) is 24.3 Å². The number of halogens is 1. The smallest absolute Gasteiger partial charge is 0.278 e. The third-order valence-corrected chi connectivity index (χ3v) is 6.18. The fraction of sp³-hybridized carbons (Fsp3) is 0.250. The maximum Gasteiger partial charge on any atom is 0.278 e. The van der Waals surface area contributed by atoms with Crippen LogP contribution in [-0.2, 0) is 10.0 Å². The van der Waals surface area contributed by atoms with Gasteiger partial charge in [-0.3, -0.25) is 10.1 Å². The largest absolute Gasteiger partial charge is 0.314 e. The van der Waals surface area contributed by atoms with Gasteiger partial charge in [-0.1, -0.05) is 23.7 Å². The lowest BCUT2D eigenvalue weighted by Crippen LogP contribution is -2.46. The molecule has 132 valence electrons. The predicted molar refractivity (Wildman–Crippen MR) is 95.2 cm³/mol. The highest BCUT2D eigenvalue weighted by Gasteiger charge is 2.28. The van der Waals surface area contributed by atoms with Gasteiger partial charge in [0.25, 0.3) is 5.69 Å². The van der Waals surface area contributed by atoms with Crippen LogP contribution in [0.1, 0.15) is 0 Å². The normalized spacial score (nSPS) is 15.9. The number of nitro groups is 1. The van der Waals surface area contributed by atoms with Gasteiger partial charge in [-0.15, -0.1) is 0 Å². The molecule has 0 saturated carbocycles. The number of nitro benzene ring substituents is 1. The van der Waals surface area contributed by atoms with Crippen molar-refractivity contribution in [3.8, 4) is 11.1 Å². The first-order valence-corrected chi connectivity index (χ1v) is 9.46. The Balaban J connectivity index is 2.05. The van der Waals surface area contributed by atoms with Gasteiger partial charge >= 0.3 is 0 Å². The molecule has 0 aromatic heterocycles. The lowest BCUT2D eigenvalue weighted by Gasteiger charge is -2.26. The SMILES string of the molecule is O=[N+]([O-])c1cc(S(=O)(=O)N2CCNCC2)ccc1-c1ccc(Cl)cc1. The first-order valence-electron chi connectivity index (χ1n) is 7.65. The number of sulfonamides is 1. The molecule has 0 unspecified atom stereocenters. The van der Waals surface area contributed by atoms with E-state index in [2.05, 4.69) is 5.32 Å². The van der Waals surface area contributed by atoms with Crippen LogP contribution in [-0.4, -0.2) is 43.8 Å². The number of nitrogens with zero attached hydrogens (tertiary/aromatic N) is 2. The summed E-state index contributed by atoms with van der Waals surface area (Å²) in [5, 5.41) is 15.1. The van der Waals surface area contributed by atoms with Crippen molar-refractivity contribution >= 4 is 27.3 Å². The number of piperazine rings is 1. The summed E-state index contributed by atoms with van der Waals surface area (Å²) in [4.78, 5) is 10.8. The zero-order valence-corrected chi connectivity index (χ0v) is 14.8. The molecular formula is C16H16ClN3O4S. The van der Waals surface area contributed by atoms with Crippen LogP contribution in [0.3, 0.4) is 0 Å². The standard InChI is InChI=1S/C16H16ClN3O4S/c17-13-3-1-12(2-4-13)15-6-5-14(11-16(15)20(21)22)25(23,24)19-9-7-18-8-10-19/h1-6,11,18H,7-10H2. The van der Waals surface area contributed by atoms with Crippen LogP contribution in [0, 0.1) is 10.1 Å². The molecule has 25 heavy (non-hydrogen) atoms. The van der Waals surface area contributed by atoms with Gasteiger partial charge in [0.15, 0.2) is 0 Å². The molecule has 0 amide bonds. The molecular weight excluding hydrogens is 366 g/mol. The highest BCUT2D eigenvalue weighted by atomic mass is 35.5. The van der Waals surface area contributed by atoms with Gasteiger partial charge in [0, 0.05) is 37.3 Å². The van der Waals surface area contributed by atoms with Gasteiger partial charge in [-0.2, -0.15) is 4.31 Å². The molecule has 1 N–H and O–H groups in total. The molecule has 0 radical (unpaired) electrons. The van der Waals surface area contributed by atoms with Crippen molar-refractivity contribution in [3.63, 3.8) is 0 Å². The molecule has 1 saturated heterocycles. The Kier molecular flexibility index (Phi) is 5.05. The second kappa shape index (κ2) is 7.09. The maximum atomic E-state index is 12.7. The van der Waals surface area contributed by atoms with E-state index in [0.29, 0.717) is 42.3 Å². The van der Waals surface area contributed by atoms with Crippen molar-refractivity contribution in [2.45, 2.75) is 4.90 Å². The van der Waals surface area contributed by atoms with Crippen molar-refractivity contribution in [2.24, 2.45) is 0 Å². The Morgan fingerprint density at radius 1 is 1.08 bits per heavy atom. The molecule has 0 spiro atoms. The second-order valence-corrected chi connectivity index (χ2v) is 7.97. The van der Waals surface area contributed by atoms with Gasteiger partial charge in [-0.25, -0.2) is 8.42 Å². The molecule has 1 heterocycles. The van der Waals surface area contributed by atoms with Crippen LogP contribution in [0.25, 0.3) is 11.1 Å². The van der Waals surface area contributed by atoms with Crippen LogP contribution in [0.4, 0.5) is 5.69 Å². The quantitative estimate of drug-likeness (QED) is 0.648. The molecule has 0 atom stereocenters. The number of hydrogen-bond acceptors (Lipinski definition) is 5. The summed E-state index contributed by atoms with van der Waals surface area (Å²) in [5.41, 5.74) is 0.696. The van der Waals surface area contributed by atoms with Gasteiger partial charge in [0.2, 0.25) is 10.0 Å². The highest BCUT2D eigenvalue weighted by molar-refractivity contribution is 7.89. The van der Waals surface area contributed by atoms with Crippen molar-refractivity contribution < 1.29 is 13.3 Å². The van der Waals surface area contributed by atoms with Crippen molar-refractivity contribution in [1.82, 2.24) is 9.62 Å². The Hall–Kier alpha value is -2.00. The Morgan fingerprint density at radius 3 is 2.32 bits per heavy atom. The number of hydrogen-bond donors (Lipinski definition) is 1. The molecule has 1 fully saturated rings. The van der Waals surface area contributed by atoms with Gasteiger partial charge in [-0.05, 0) is 29.8 Å². The molecule has 7 nitrogen and oxygen atoms in total. The van der Waals surface area contributed by atoms with Crippen LogP contribution >= 0.6 is 11.6 Å². The number of benzene rings is 2. The Morgan fingerprint density at radius 2 is 1.72 bits per heavy atom. The lowest BCUT2D eigenvalue weighted by molar-refractivity contribution is -0.384. The number of nitrogens with one attached hydrogen (secondary N) is 1. The third-order valence-electron chi connectivity index (χ3n) is 4.03. The van der Waals surface area contributed by atoms with Crippen LogP contribution in [0.5, 0.6) is 0 Å². The maximum absolute atomic E-state index is 12.7. The summed E-state index contributed by atoms with van der Waals surface area (Å²) in [6, 6.07) is 10.6. The van der Waals surface area contributed by atoms with E-state index in [9.17, 15) is 18.5 Å². The summed E-state index contributed by atoms with van der Waals surface area (Å²) in [6.45, 7) is 1.80. The number of rotatable bonds is 4. The van der Waals surface area contributed by atoms with E-state index in [-0.39, 0.29) is 10.6 Å². The van der Waals surface area contributed by atoms with Gasteiger partial charge < -0.3 is 5.32 Å². The first-order chi connectivity index (χ1) is 11.9. The van der Waals surface area contributed by atoms with Gasteiger partial charge in [0.05, 0.1) is 15.4 Å². The van der Waals surface area contributed by atoms with E-state index in [4.69, 9.17) is 11.6 Å². The molecule has 9 heteroatoms. The monoisotopic (exact) mass is 381 g/mol. The summed E-state index contributed by atoms with van der Waals surface area (Å²) < 4.78 is 26.8. The predicted octanol–water partition coefficient (Wildman–Crippen LogP) is 2.51. The minimum absolute atomic E-state index is 0.0705. The minimum Gasteiger partial charge on any atom is -0.314 e. The van der Waals surface area contributed by atoms with E-state index in [0.717, 1.165) is 6.07 Å². The molecule has 2 aromatic carbocycles. The fourth-order valence-electron chi connectivity index (χ4n) is 2.73. The van der Waals surface area contributed by atoms with Crippen molar-refractivity contribution in [3.05, 3.63) is 57.6 Å². The summed E-state index contributed by atoms with van der Waals surface area (Å²) in [6.07, 6.45) is 0. The third kappa shape index (κ3) is 3.67. The lowest BCUT2D eigenvalue weighted by atomic mass is 10.0. The highest BCUT2D eigenvalue weighted by Crippen LogP contribution is 2.33. The Labute approximate surface area is 150 Å². The van der Waals surface area contributed by atoms with E-state index < -0.39 is 14.9 Å².